The van der Waals surface area contributed by atoms with Crippen LogP contribution in [0.3, 0.4) is 0 Å². The molecule has 3 heterocycles. The third-order valence-corrected chi connectivity index (χ3v) is 5.18. The summed E-state index contributed by atoms with van der Waals surface area (Å²) in [6, 6.07) is 15.4. The molecular formula is C20H21N9O. The molecule has 0 aliphatic carbocycles. The van der Waals surface area contributed by atoms with Gasteiger partial charge in [-0.25, -0.2) is 4.98 Å². The summed E-state index contributed by atoms with van der Waals surface area (Å²) in [5, 5.41) is 16.7. The number of para-hydroxylation sites is 2. The number of benzene rings is 2. The Bertz CT molecular complexity index is 1110. The monoisotopic (exact) mass is 403 g/mol. The number of nitrogens with one attached hydrogen (secondary N) is 3. The Hall–Kier alpha value is -3.79. The van der Waals surface area contributed by atoms with Crippen molar-refractivity contribution >= 4 is 28.6 Å². The molecule has 152 valence electrons. The van der Waals surface area contributed by atoms with Crippen LogP contribution in [0.25, 0.3) is 11.0 Å². The SMILES string of the molecule is O=C(c1cccc(Nc2nn[nH]n2)c1)N1CCN(Cc2nc3ccccc3[nH]2)CC1. The maximum absolute atomic E-state index is 12.9. The number of fused-ring (bicyclic) bond motifs is 1. The Balaban J connectivity index is 1.19. The van der Waals surface area contributed by atoms with Gasteiger partial charge in [-0.05, 0) is 35.5 Å². The predicted octanol–water partition coefficient (Wildman–Crippen LogP) is 1.78. The Morgan fingerprint density at radius 3 is 2.73 bits per heavy atom. The first kappa shape index (κ1) is 18.3. The van der Waals surface area contributed by atoms with Gasteiger partial charge in [-0.2, -0.15) is 5.21 Å². The topological polar surface area (TPSA) is 119 Å². The minimum atomic E-state index is 0.0233. The highest BCUT2D eigenvalue weighted by Gasteiger charge is 2.23. The Labute approximate surface area is 172 Å². The molecule has 4 aromatic rings. The second-order valence-corrected chi connectivity index (χ2v) is 7.21. The van der Waals surface area contributed by atoms with Gasteiger partial charge in [-0.3, -0.25) is 9.69 Å². The van der Waals surface area contributed by atoms with Gasteiger partial charge >= 0.3 is 0 Å². The van der Waals surface area contributed by atoms with E-state index in [2.05, 4.69) is 40.8 Å². The standard InChI is InChI=1S/C20H21N9O/c30-19(14-4-3-5-15(12-14)21-20-24-26-27-25-20)29-10-8-28(9-11-29)13-18-22-16-6-1-2-7-17(16)23-18/h1-7,12H,8-11,13H2,(H,22,23)(H2,21,24,25,26,27). The number of amides is 1. The van der Waals surface area contributed by atoms with Gasteiger partial charge in [-0.1, -0.05) is 23.3 Å². The van der Waals surface area contributed by atoms with Gasteiger partial charge in [0, 0.05) is 37.4 Å². The van der Waals surface area contributed by atoms with Crippen LogP contribution < -0.4 is 5.32 Å². The van der Waals surface area contributed by atoms with Crippen LogP contribution in [-0.2, 0) is 6.54 Å². The zero-order chi connectivity index (χ0) is 20.3. The minimum absolute atomic E-state index is 0.0233. The molecule has 0 atom stereocenters. The number of imidazole rings is 1. The second kappa shape index (κ2) is 7.91. The van der Waals surface area contributed by atoms with E-state index in [1.165, 1.54) is 0 Å². The molecule has 10 heteroatoms. The number of carbonyl (C=O) groups excluding carboxylic acids is 1. The molecule has 0 spiro atoms. The average Bonchev–Trinajstić information content (AvgIpc) is 3.43. The highest BCUT2D eigenvalue weighted by molar-refractivity contribution is 5.95. The van der Waals surface area contributed by atoms with Crippen molar-refractivity contribution in [2.75, 3.05) is 31.5 Å². The third kappa shape index (κ3) is 3.85. The summed E-state index contributed by atoms with van der Waals surface area (Å²) < 4.78 is 0. The van der Waals surface area contributed by atoms with Crippen molar-refractivity contribution in [2.45, 2.75) is 6.54 Å². The number of hydrogen-bond donors (Lipinski definition) is 3. The molecule has 3 N–H and O–H groups in total. The van der Waals surface area contributed by atoms with Crippen LogP contribution in [0.5, 0.6) is 0 Å². The fourth-order valence-corrected chi connectivity index (χ4v) is 3.66. The molecule has 0 unspecified atom stereocenters. The lowest BCUT2D eigenvalue weighted by Gasteiger charge is -2.34. The molecule has 10 nitrogen and oxygen atoms in total. The largest absolute Gasteiger partial charge is 0.341 e. The second-order valence-electron chi connectivity index (χ2n) is 7.21. The number of carbonyl (C=O) groups is 1. The van der Waals surface area contributed by atoms with Crippen LogP contribution in [0, 0.1) is 0 Å². The van der Waals surface area contributed by atoms with Gasteiger partial charge in [0.25, 0.3) is 11.9 Å². The number of tetrazole rings is 1. The smallest absolute Gasteiger partial charge is 0.267 e. The fraction of sp³-hybridized carbons (Fsp3) is 0.250. The highest BCUT2D eigenvalue weighted by Crippen LogP contribution is 2.17. The fourth-order valence-electron chi connectivity index (χ4n) is 3.66. The van der Waals surface area contributed by atoms with Crippen molar-refractivity contribution in [1.29, 1.82) is 0 Å². The van der Waals surface area contributed by atoms with E-state index in [0.717, 1.165) is 42.2 Å². The number of aromatic nitrogens is 6. The highest BCUT2D eigenvalue weighted by atomic mass is 16.2. The number of H-pyrrole nitrogens is 2. The molecule has 1 fully saturated rings. The quantitative estimate of drug-likeness (QED) is 0.465. The van der Waals surface area contributed by atoms with Crippen molar-refractivity contribution in [2.24, 2.45) is 0 Å². The third-order valence-electron chi connectivity index (χ3n) is 5.18. The van der Waals surface area contributed by atoms with Crippen molar-refractivity contribution in [3.63, 3.8) is 0 Å². The first-order valence-electron chi connectivity index (χ1n) is 9.80. The lowest BCUT2D eigenvalue weighted by molar-refractivity contribution is 0.0626. The van der Waals surface area contributed by atoms with E-state index in [9.17, 15) is 4.79 Å². The molecule has 1 amide bonds. The van der Waals surface area contributed by atoms with Crippen LogP contribution in [0.15, 0.2) is 48.5 Å². The number of hydrogen-bond acceptors (Lipinski definition) is 7. The molecule has 0 saturated carbocycles. The zero-order valence-corrected chi connectivity index (χ0v) is 16.2. The maximum atomic E-state index is 12.9. The Kier molecular flexibility index (Phi) is 4.81. The molecule has 1 aliphatic heterocycles. The van der Waals surface area contributed by atoms with E-state index in [4.69, 9.17) is 0 Å². The molecule has 1 saturated heterocycles. The molecule has 2 aromatic heterocycles. The van der Waals surface area contributed by atoms with Crippen LogP contribution in [-0.4, -0.2) is 72.5 Å². The summed E-state index contributed by atoms with van der Waals surface area (Å²) in [5.74, 6) is 1.34. The van der Waals surface area contributed by atoms with Crippen LogP contribution >= 0.6 is 0 Å². The molecule has 2 aromatic carbocycles. The van der Waals surface area contributed by atoms with Gasteiger partial charge in [0.2, 0.25) is 0 Å². The number of nitrogens with zero attached hydrogens (tertiary/aromatic N) is 6. The van der Waals surface area contributed by atoms with Crippen LogP contribution in [0.1, 0.15) is 16.2 Å². The van der Waals surface area contributed by atoms with E-state index < -0.39 is 0 Å². The van der Waals surface area contributed by atoms with Crippen molar-refractivity contribution in [3.05, 3.63) is 59.9 Å². The summed E-state index contributed by atoms with van der Waals surface area (Å²) in [6.45, 7) is 3.73. The van der Waals surface area contributed by atoms with Gasteiger partial charge < -0.3 is 15.2 Å². The van der Waals surface area contributed by atoms with Crippen molar-refractivity contribution in [3.8, 4) is 0 Å². The first-order chi connectivity index (χ1) is 14.7. The molecule has 30 heavy (non-hydrogen) atoms. The van der Waals surface area contributed by atoms with Crippen LogP contribution in [0.2, 0.25) is 0 Å². The number of aromatic amines is 2. The first-order valence-corrected chi connectivity index (χ1v) is 9.80. The summed E-state index contributed by atoms with van der Waals surface area (Å²) in [5.41, 5.74) is 3.41. The summed E-state index contributed by atoms with van der Waals surface area (Å²) >= 11 is 0. The number of rotatable bonds is 5. The molecular weight excluding hydrogens is 382 g/mol. The molecule has 0 bridgehead atoms. The zero-order valence-electron chi connectivity index (χ0n) is 16.2. The molecule has 1 aliphatic rings. The Morgan fingerprint density at radius 2 is 1.93 bits per heavy atom. The lowest BCUT2D eigenvalue weighted by Crippen LogP contribution is -2.48. The van der Waals surface area contributed by atoms with E-state index in [-0.39, 0.29) is 5.91 Å². The summed E-state index contributed by atoms with van der Waals surface area (Å²) in [6.07, 6.45) is 0. The maximum Gasteiger partial charge on any atom is 0.267 e. The van der Waals surface area contributed by atoms with Gasteiger partial charge in [0.15, 0.2) is 0 Å². The van der Waals surface area contributed by atoms with Crippen molar-refractivity contribution in [1.82, 2.24) is 40.4 Å². The summed E-state index contributed by atoms with van der Waals surface area (Å²) in [4.78, 5) is 25.2. The van der Waals surface area contributed by atoms with E-state index in [1.807, 2.05) is 47.4 Å². The lowest BCUT2D eigenvalue weighted by atomic mass is 10.1. The van der Waals surface area contributed by atoms with Gasteiger partial charge in [0.05, 0.1) is 17.6 Å². The number of anilines is 2. The normalized spacial score (nSPS) is 14.9. The van der Waals surface area contributed by atoms with E-state index in [1.54, 1.807) is 6.07 Å². The van der Waals surface area contributed by atoms with Gasteiger partial charge in [-0.15, -0.1) is 5.10 Å². The van der Waals surface area contributed by atoms with Gasteiger partial charge in [0.1, 0.15) is 5.82 Å². The van der Waals surface area contributed by atoms with E-state index >= 15 is 0 Å². The van der Waals surface area contributed by atoms with Crippen LogP contribution in [0.4, 0.5) is 11.6 Å². The average molecular weight is 403 g/mol. The Morgan fingerprint density at radius 1 is 1.07 bits per heavy atom. The molecule has 0 radical (unpaired) electrons. The predicted molar refractivity (Wildman–Crippen MR) is 111 cm³/mol. The van der Waals surface area contributed by atoms with E-state index in [0.29, 0.717) is 24.6 Å². The summed E-state index contributed by atoms with van der Waals surface area (Å²) in [7, 11) is 0. The number of piperazine rings is 1. The van der Waals surface area contributed by atoms with Crippen molar-refractivity contribution < 1.29 is 4.79 Å². The molecule has 5 rings (SSSR count). The minimum Gasteiger partial charge on any atom is -0.341 e.